The van der Waals surface area contributed by atoms with Gasteiger partial charge >= 0.3 is 0 Å². The summed E-state index contributed by atoms with van der Waals surface area (Å²) < 4.78 is 0. The lowest BCUT2D eigenvalue weighted by Crippen LogP contribution is -2.22. The summed E-state index contributed by atoms with van der Waals surface area (Å²) in [5, 5.41) is 10.6. The number of phenolic OH excluding ortho intramolecular Hbond substituents is 1. The molecule has 2 aromatic carbocycles. The van der Waals surface area contributed by atoms with E-state index in [2.05, 4.69) is 43.8 Å². The van der Waals surface area contributed by atoms with E-state index in [1.165, 1.54) is 0 Å². The Hall–Kier alpha value is -2.81. The van der Waals surface area contributed by atoms with Crippen molar-refractivity contribution in [1.29, 1.82) is 0 Å². The van der Waals surface area contributed by atoms with Crippen LogP contribution in [0.3, 0.4) is 0 Å². The standard InChI is InChI=1S/C23H28N2O/c1-6-14-25(15-7-2)20-12-9-11-19(16-20)24-17-18-10-8-13-21(22(18)26)23(3,4)5/h6-13,16-17,26H,1-2,14-15H2,3-5H3. The largest absolute Gasteiger partial charge is 0.507 e. The third-order valence-corrected chi connectivity index (χ3v) is 4.12. The normalized spacial score (nSPS) is 11.5. The molecule has 0 saturated carbocycles. The van der Waals surface area contributed by atoms with Crippen molar-refractivity contribution in [3.05, 3.63) is 78.9 Å². The molecule has 1 N–H and O–H groups in total. The molecule has 0 unspecified atom stereocenters. The number of aromatic hydroxyl groups is 1. The molecule has 3 nitrogen and oxygen atoms in total. The number of nitrogens with zero attached hydrogens (tertiary/aromatic N) is 2. The molecule has 0 heterocycles. The first-order valence-corrected chi connectivity index (χ1v) is 8.80. The van der Waals surface area contributed by atoms with Crippen LogP contribution in [0.4, 0.5) is 11.4 Å². The second-order valence-electron chi connectivity index (χ2n) is 7.25. The Morgan fingerprint density at radius 3 is 2.31 bits per heavy atom. The second-order valence-corrected chi connectivity index (χ2v) is 7.25. The van der Waals surface area contributed by atoms with Gasteiger partial charge in [-0.05, 0) is 35.2 Å². The average molecular weight is 348 g/mol. The van der Waals surface area contributed by atoms with Gasteiger partial charge in [0.05, 0.1) is 5.69 Å². The molecule has 3 heteroatoms. The van der Waals surface area contributed by atoms with Crippen molar-refractivity contribution in [2.24, 2.45) is 4.99 Å². The number of benzene rings is 2. The molecule has 0 fully saturated rings. The predicted octanol–water partition coefficient (Wildman–Crippen LogP) is 5.62. The van der Waals surface area contributed by atoms with Crippen LogP contribution in [-0.4, -0.2) is 24.4 Å². The highest BCUT2D eigenvalue weighted by Crippen LogP contribution is 2.32. The van der Waals surface area contributed by atoms with E-state index in [0.717, 1.165) is 35.6 Å². The highest BCUT2D eigenvalue weighted by Gasteiger charge is 2.19. The van der Waals surface area contributed by atoms with Crippen molar-refractivity contribution in [2.75, 3.05) is 18.0 Å². The lowest BCUT2D eigenvalue weighted by atomic mass is 9.85. The highest BCUT2D eigenvalue weighted by molar-refractivity contribution is 5.86. The van der Waals surface area contributed by atoms with E-state index in [-0.39, 0.29) is 5.41 Å². The Bertz CT molecular complexity index is 790. The van der Waals surface area contributed by atoms with E-state index in [0.29, 0.717) is 5.75 Å². The number of hydrogen-bond acceptors (Lipinski definition) is 3. The van der Waals surface area contributed by atoms with Gasteiger partial charge < -0.3 is 10.0 Å². The third-order valence-electron chi connectivity index (χ3n) is 4.12. The maximum atomic E-state index is 10.6. The maximum absolute atomic E-state index is 10.6. The molecule has 26 heavy (non-hydrogen) atoms. The Morgan fingerprint density at radius 2 is 1.69 bits per heavy atom. The molecule has 0 aromatic heterocycles. The first kappa shape index (κ1) is 19.5. The third kappa shape index (κ3) is 4.85. The summed E-state index contributed by atoms with van der Waals surface area (Å²) in [6, 6.07) is 13.8. The molecule has 2 rings (SSSR count). The van der Waals surface area contributed by atoms with Crippen molar-refractivity contribution in [3.63, 3.8) is 0 Å². The van der Waals surface area contributed by atoms with E-state index in [1.54, 1.807) is 6.21 Å². The summed E-state index contributed by atoms with van der Waals surface area (Å²) in [6.07, 6.45) is 5.46. The topological polar surface area (TPSA) is 35.8 Å². The van der Waals surface area contributed by atoms with Crippen molar-refractivity contribution in [2.45, 2.75) is 26.2 Å². The van der Waals surface area contributed by atoms with Crippen molar-refractivity contribution in [3.8, 4) is 5.75 Å². The van der Waals surface area contributed by atoms with Crippen LogP contribution in [0.1, 0.15) is 31.9 Å². The molecule has 0 aliphatic heterocycles. The van der Waals surface area contributed by atoms with Crippen LogP contribution < -0.4 is 4.90 Å². The molecule has 0 saturated heterocycles. The van der Waals surface area contributed by atoms with Gasteiger partial charge in [0.2, 0.25) is 0 Å². The molecule has 0 spiro atoms. The monoisotopic (exact) mass is 348 g/mol. The van der Waals surface area contributed by atoms with Crippen LogP contribution in [0.5, 0.6) is 5.75 Å². The quantitative estimate of drug-likeness (QED) is 0.521. The molecule has 0 radical (unpaired) electrons. The van der Waals surface area contributed by atoms with Gasteiger partial charge in [-0.1, -0.05) is 51.1 Å². The summed E-state index contributed by atoms with van der Waals surface area (Å²) >= 11 is 0. The summed E-state index contributed by atoms with van der Waals surface area (Å²) in [7, 11) is 0. The predicted molar refractivity (Wildman–Crippen MR) is 113 cm³/mol. The average Bonchev–Trinajstić information content (AvgIpc) is 2.60. The fraction of sp³-hybridized carbons (Fsp3) is 0.261. The summed E-state index contributed by atoms with van der Waals surface area (Å²) in [6.45, 7) is 15.4. The molecule has 0 amide bonds. The highest BCUT2D eigenvalue weighted by atomic mass is 16.3. The molecule has 2 aromatic rings. The fourth-order valence-electron chi connectivity index (χ4n) is 2.78. The minimum atomic E-state index is -0.121. The minimum absolute atomic E-state index is 0.121. The number of phenols is 1. The van der Waals surface area contributed by atoms with Crippen LogP contribution in [0.2, 0.25) is 0 Å². The second kappa shape index (κ2) is 8.52. The zero-order chi connectivity index (χ0) is 19.2. The molecular weight excluding hydrogens is 320 g/mol. The smallest absolute Gasteiger partial charge is 0.128 e. The zero-order valence-electron chi connectivity index (χ0n) is 15.9. The van der Waals surface area contributed by atoms with Crippen LogP contribution in [0.25, 0.3) is 0 Å². The van der Waals surface area contributed by atoms with Gasteiger partial charge in [0.1, 0.15) is 5.75 Å². The molecular formula is C23H28N2O. The maximum Gasteiger partial charge on any atom is 0.128 e. The first-order valence-electron chi connectivity index (χ1n) is 8.80. The van der Waals surface area contributed by atoms with Gasteiger partial charge in [-0.15, -0.1) is 13.2 Å². The van der Waals surface area contributed by atoms with E-state index in [9.17, 15) is 5.11 Å². The Labute approximate surface area is 157 Å². The summed E-state index contributed by atoms with van der Waals surface area (Å²) in [5.41, 5.74) is 3.41. The lowest BCUT2D eigenvalue weighted by Gasteiger charge is -2.22. The van der Waals surface area contributed by atoms with Gasteiger partial charge in [-0.25, -0.2) is 0 Å². The van der Waals surface area contributed by atoms with Crippen LogP contribution in [0, 0.1) is 0 Å². The molecule has 0 atom stereocenters. The lowest BCUT2D eigenvalue weighted by molar-refractivity contribution is 0.446. The molecule has 0 aliphatic rings. The van der Waals surface area contributed by atoms with Crippen molar-refractivity contribution < 1.29 is 5.11 Å². The number of para-hydroxylation sites is 1. The van der Waals surface area contributed by atoms with Gasteiger partial charge in [0.15, 0.2) is 0 Å². The molecule has 136 valence electrons. The van der Waals surface area contributed by atoms with Crippen LogP contribution in [-0.2, 0) is 5.41 Å². The van der Waals surface area contributed by atoms with Gasteiger partial charge in [-0.2, -0.15) is 0 Å². The van der Waals surface area contributed by atoms with Crippen LogP contribution >= 0.6 is 0 Å². The van der Waals surface area contributed by atoms with Crippen LogP contribution in [0.15, 0.2) is 72.8 Å². The van der Waals surface area contributed by atoms with E-state index >= 15 is 0 Å². The first-order chi connectivity index (χ1) is 12.4. The fourth-order valence-corrected chi connectivity index (χ4v) is 2.78. The summed E-state index contributed by atoms with van der Waals surface area (Å²) in [4.78, 5) is 6.72. The SMILES string of the molecule is C=CCN(CC=C)c1cccc(N=Cc2cccc(C(C)(C)C)c2O)c1. The Kier molecular flexibility index (Phi) is 6.40. The Morgan fingerprint density at radius 1 is 1.04 bits per heavy atom. The van der Waals surface area contributed by atoms with Gasteiger partial charge in [0, 0.05) is 30.6 Å². The molecule has 0 aliphatic carbocycles. The summed E-state index contributed by atoms with van der Waals surface area (Å²) in [5.74, 6) is 0.292. The number of hydrogen-bond donors (Lipinski definition) is 1. The van der Waals surface area contributed by atoms with Gasteiger partial charge in [0.25, 0.3) is 0 Å². The number of aliphatic imine (C=N–C) groups is 1. The van der Waals surface area contributed by atoms with Crippen molar-refractivity contribution >= 4 is 17.6 Å². The number of rotatable bonds is 7. The van der Waals surface area contributed by atoms with E-state index in [1.807, 2.05) is 54.6 Å². The minimum Gasteiger partial charge on any atom is -0.507 e. The zero-order valence-corrected chi connectivity index (χ0v) is 15.9. The number of anilines is 1. The van der Waals surface area contributed by atoms with Gasteiger partial charge in [-0.3, -0.25) is 4.99 Å². The molecule has 0 bridgehead atoms. The van der Waals surface area contributed by atoms with E-state index < -0.39 is 0 Å². The van der Waals surface area contributed by atoms with Crippen molar-refractivity contribution in [1.82, 2.24) is 0 Å². The Balaban J connectivity index is 2.30. The van der Waals surface area contributed by atoms with E-state index in [4.69, 9.17) is 0 Å².